The lowest BCUT2D eigenvalue weighted by atomic mass is 10.3. The summed E-state index contributed by atoms with van der Waals surface area (Å²) in [6.45, 7) is 2.05. The van der Waals surface area contributed by atoms with Crippen LogP contribution >= 0.6 is 0 Å². The number of rotatable bonds is 4. The number of hydrogen-bond donors (Lipinski definition) is 2. The highest BCUT2D eigenvalue weighted by Gasteiger charge is 2.10. The van der Waals surface area contributed by atoms with E-state index in [4.69, 9.17) is 15.6 Å². The average Bonchev–Trinajstić information content (AvgIpc) is 1.99. The van der Waals surface area contributed by atoms with Crippen LogP contribution in [0, 0.1) is 0 Å². The number of nitrogens with two attached hydrogens (primary N) is 1. The van der Waals surface area contributed by atoms with Crippen molar-refractivity contribution >= 4 is 12.2 Å². The van der Waals surface area contributed by atoms with Gasteiger partial charge in [-0.2, -0.15) is 0 Å². The van der Waals surface area contributed by atoms with Crippen molar-refractivity contribution in [1.82, 2.24) is 0 Å². The van der Waals surface area contributed by atoms with Gasteiger partial charge in [0.25, 0.3) is 0 Å². The molecule has 0 saturated heterocycles. The van der Waals surface area contributed by atoms with Gasteiger partial charge in [0.15, 0.2) is 0 Å². The summed E-state index contributed by atoms with van der Waals surface area (Å²) >= 11 is 0. The van der Waals surface area contributed by atoms with Gasteiger partial charge in [-0.25, -0.2) is 4.79 Å². The number of aliphatic carboxylic acids is 1. The van der Waals surface area contributed by atoms with E-state index in [0.717, 1.165) is 6.21 Å². The Morgan fingerprint density at radius 3 is 2.67 bits per heavy atom. The maximum absolute atomic E-state index is 10.5. The third-order valence-electron chi connectivity index (χ3n) is 1.05. The standard InChI is InChI=1S/C7H12N2O3/c1-3-12-6(8)5(4-9-2)7(10)11/h4H,3,8H2,1-2H3,(H,10,11). The molecule has 0 aromatic heterocycles. The summed E-state index contributed by atoms with van der Waals surface area (Å²) in [6, 6.07) is 0. The van der Waals surface area contributed by atoms with Crippen LogP contribution in [0.25, 0.3) is 0 Å². The molecule has 0 bridgehead atoms. The number of carbonyl (C=O) groups is 1. The van der Waals surface area contributed by atoms with Crippen LogP contribution in [0.5, 0.6) is 0 Å². The largest absolute Gasteiger partial charge is 0.479 e. The normalized spacial score (nSPS) is 12.8. The Kier molecular flexibility index (Phi) is 4.52. The van der Waals surface area contributed by atoms with E-state index in [1.54, 1.807) is 6.92 Å². The lowest BCUT2D eigenvalue weighted by Gasteiger charge is -2.03. The highest BCUT2D eigenvalue weighted by molar-refractivity contribution is 6.08. The second kappa shape index (κ2) is 5.17. The first-order valence-corrected chi connectivity index (χ1v) is 3.41. The van der Waals surface area contributed by atoms with Crippen LogP contribution < -0.4 is 5.73 Å². The van der Waals surface area contributed by atoms with Gasteiger partial charge in [0, 0.05) is 13.3 Å². The summed E-state index contributed by atoms with van der Waals surface area (Å²) in [7, 11) is 1.46. The van der Waals surface area contributed by atoms with E-state index in [-0.39, 0.29) is 11.5 Å². The minimum Gasteiger partial charge on any atom is -0.479 e. The molecule has 0 radical (unpaired) electrons. The van der Waals surface area contributed by atoms with Gasteiger partial charge >= 0.3 is 5.97 Å². The number of carboxylic acid groups (broad SMARTS) is 1. The molecule has 0 unspecified atom stereocenters. The van der Waals surface area contributed by atoms with Crippen molar-refractivity contribution in [2.75, 3.05) is 13.7 Å². The predicted molar refractivity (Wildman–Crippen MR) is 44.9 cm³/mol. The summed E-state index contributed by atoms with van der Waals surface area (Å²) < 4.78 is 4.80. The van der Waals surface area contributed by atoms with Crippen molar-refractivity contribution in [1.29, 1.82) is 0 Å². The molecule has 3 N–H and O–H groups in total. The van der Waals surface area contributed by atoms with Crippen LogP contribution in [0.4, 0.5) is 0 Å². The number of aliphatic imine (C=N–C) groups is 1. The minimum atomic E-state index is -1.15. The van der Waals surface area contributed by atoms with Crippen molar-refractivity contribution in [2.24, 2.45) is 10.7 Å². The lowest BCUT2D eigenvalue weighted by molar-refractivity contribution is -0.132. The third-order valence-corrected chi connectivity index (χ3v) is 1.05. The topological polar surface area (TPSA) is 84.9 Å². The lowest BCUT2D eigenvalue weighted by Crippen LogP contribution is -2.14. The summed E-state index contributed by atoms with van der Waals surface area (Å²) in [4.78, 5) is 14.0. The first-order valence-electron chi connectivity index (χ1n) is 3.41. The van der Waals surface area contributed by atoms with Gasteiger partial charge < -0.3 is 15.6 Å². The molecule has 68 valence electrons. The first kappa shape index (κ1) is 10.5. The molecular weight excluding hydrogens is 160 g/mol. The SMILES string of the molecule is CCOC(N)=C(C=NC)C(=O)O. The van der Waals surface area contributed by atoms with E-state index in [0.29, 0.717) is 6.61 Å². The predicted octanol–water partition coefficient (Wildman–Crippen LogP) is -0.0216. The smallest absolute Gasteiger partial charge is 0.342 e. The highest BCUT2D eigenvalue weighted by Crippen LogP contribution is 1.98. The molecule has 0 aliphatic heterocycles. The molecule has 0 aromatic rings. The van der Waals surface area contributed by atoms with Crippen LogP contribution in [-0.2, 0) is 9.53 Å². The van der Waals surface area contributed by atoms with Gasteiger partial charge in [-0.15, -0.1) is 0 Å². The van der Waals surface area contributed by atoms with Crippen molar-refractivity contribution in [3.05, 3.63) is 11.5 Å². The molecule has 0 rings (SSSR count). The Bertz CT molecular complexity index is 221. The summed E-state index contributed by atoms with van der Waals surface area (Å²) in [5.41, 5.74) is 5.18. The van der Waals surface area contributed by atoms with Crippen LogP contribution in [0.3, 0.4) is 0 Å². The molecule has 12 heavy (non-hydrogen) atoms. The summed E-state index contributed by atoms with van der Waals surface area (Å²) in [6.07, 6.45) is 1.15. The van der Waals surface area contributed by atoms with Crippen LogP contribution in [0.1, 0.15) is 6.92 Å². The average molecular weight is 172 g/mol. The zero-order valence-corrected chi connectivity index (χ0v) is 7.07. The van der Waals surface area contributed by atoms with Crippen LogP contribution in [-0.4, -0.2) is 30.9 Å². The molecule has 5 nitrogen and oxygen atoms in total. The second-order valence-corrected chi connectivity index (χ2v) is 1.90. The Morgan fingerprint density at radius 2 is 2.33 bits per heavy atom. The van der Waals surface area contributed by atoms with Gasteiger partial charge in [0.2, 0.25) is 5.88 Å². The van der Waals surface area contributed by atoms with E-state index in [9.17, 15) is 4.79 Å². The molecule has 0 fully saturated rings. The maximum Gasteiger partial charge on any atom is 0.342 e. The molecule has 0 saturated carbocycles. The zero-order chi connectivity index (χ0) is 9.56. The summed E-state index contributed by atoms with van der Waals surface area (Å²) in [5.74, 6) is -1.26. The number of nitrogens with zero attached hydrogens (tertiary/aromatic N) is 1. The number of ether oxygens (including phenoxy) is 1. The van der Waals surface area contributed by atoms with E-state index in [1.807, 2.05) is 0 Å². The van der Waals surface area contributed by atoms with Gasteiger partial charge in [-0.3, -0.25) is 4.99 Å². The Labute approximate surface area is 70.5 Å². The molecule has 0 spiro atoms. The fourth-order valence-electron chi connectivity index (χ4n) is 0.587. The Morgan fingerprint density at radius 1 is 1.75 bits per heavy atom. The second-order valence-electron chi connectivity index (χ2n) is 1.90. The molecule has 0 aliphatic carbocycles. The maximum atomic E-state index is 10.5. The number of carboxylic acids is 1. The van der Waals surface area contributed by atoms with Crippen LogP contribution in [0.15, 0.2) is 16.4 Å². The quantitative estimate of drug-likeness (QED) is 0.354. The van der Waals surface area contributed by atoms with Gasteiger partial charge in [0.1, 0.15) is 5.57 Å². The molecule has 0 atom stereocenters. The van der Waals surface area contributed by atoms with E-state index in [2.05, 4.69) is 4.99 Å². The molecule has 5 heteroatoms. The van der Waals surface area contributed by atoms with Crippen molar-refractivity contribution in [2.45, 2.75) is 6.92 Å². The Balaban J connectivity index is 4.67. The fraction of sp³-hybridized carbons (Fsp3) is 0.429. The fourth-order valence-corrected chi connectivity index (χ4v) is 0.587. The van der Waals surface area contributed by atoms with Crippen molar-refractivity contribution in [3.63, 3.8) is 0 Å². The van der Waals surface area contributed by atoms with Crippen LogP contribution in [0.2, 0.25) is 0 Å². The van der Waals surface area contributed by atoms with Gasteiger partial charge in [-0.1, -0.05) is 0 Å². The van der Waals surface area contributed by atoms with Crippen molar-refractivity contribution < 1.29 is 14.6 Å². The Hall–Kier alpha value is -1.52. The van der Waals surface area contributed by atoms with Gasteiger partial charge in [-0.05, 0) is 6.92 Å². The molecule has 0 aliphatic rings. The van der Waals surface area contributed by atoms with E-state index < -0.39 is 5.97 Å². The molecular formula is C7H12N2O3. The minimum absolute atomic E-state index is 0.115. The zero-order valence-electron chi connectivity index (χ0n) is 7.07. The highest BCUT2D eigenvalue weighted by atomic mass is 16.5. The van der Waals surface area contributed by atoms with E-state index >= 15 is 0 Å². The molecule has 0 heterocycles. The molecule has 0 amide bonds. The van der Waals surface area contributed by atoms with E-state index in [1.165, 1.54) is 7.05 Å². The first-order chi connectivity index (χ1) is 5.63. The van der Waals surface area contributed by atoms with Crippen molar-refractivity contribution in [3.8, 4) is 0 Å². The third kappa shape index (κ3) is 3.05. The van der Waals surface area contributed by atoms with Gasteiger partial charge in [0.05, 0.1) is 6.61 Å². The molecule has 0 aromatic carbocycles. The summed E-state index contributed by atoms with van der Waals surface area (Å²) in [5, 5.41) is 8.59. The number of hydrogen-bond acceptors (Lipinski definition) is 4. The monoisotopic (exact) mass is 172 g/mol.